The van der Waals surface area contributed by atoms with Crippen molar-refractivity contribution in [3.63, 3.8) is 0 Å². The van der Waals surface area contributed by atoms with Crippen molar-refractivity contribution < 1.29 is 14.9 Å². The number of halogens is 1. The zero-order chi connectivity index (χ0) is 12.9. The summed E-state index contributed by atoms with van der Waals surface area (Å²) in [5, 5.41) is 3.84. The first-order chi connectivity index (χ1) is 8.54. The van der Waals surface area contributed by atoms with Crippen LogP contribution in [0.2, 0.25) is 0 Å². The van der Waals surface area contributed by atoms with Crippen LogP contribution in [0.3, 0.4) is 0 Å². The van der Waals surface area contributed by atoms with Crippen LogP contribution in [0.4, 0.5) is 16.2 Å². The Morgan fingerprint density at radius 2 is 2.06 bits per heavy atom. The number of hydrogen-bond donors (Lipinski definition) is 2. The lowest BCUT2D eigenvalue weighted by molar-refractivity contribution is -0.439. The van der Waals surface area contributed by atoms with E-state index in [0.717, 1.165) is 20.5 Å². The van der Waals surface area contributed by atoms with E-state index in [-0.39, 0.29) is 5.71 Å². The first kappa shape index (κ1) is 11.5. The van der Waals surface area contributed by atoms with Crippen LogP contribution in [-0.4, -0.2) is 23.5 Å². The molecule has 18 heavy (non-hydrogen) atoms. The molecular formula is C11H8IN4O2+. The average molecular weight is 355 g/mol. The number of imide groups is 1. The van der Waals surface area contributed by atoms with Gasteiger partial charge in [-0.3, -0.25) is 15.4 Å². The van der Waals surface area contributed by atoms with Crippen LogP contribution in [0.25, 0.3) is 0 Å². The van der Waals surface area contributed by atoms with Gasteiger partial charge < -0.3 is 0 Å². The van der Waals surface area contributed by atoms with E-state index in [0.29, 0.717) is 5.84 Å². The molecule has 0 bridgehead atoms. The van der Waals surface area contributed by atoms with Gasteiger partial charge in [-0.2, -0.15) is 0 Å². The fourth-order valence-corrected chi connectivity index (χ4v) is 2.30. The van der Waals surface area contributed by atoms with Gasteiger partial charge in [0.1, 0.15) is 5.69 Å². The minimum absolute atomic E-state index is 0.196. The van der Waals surface area contributed by atoms with Crippen LogP contribution in [0.1, 0.15) is 5.56 Å². The molecule has 90 valence electrons. The van der Waals surface area contributed by atoms with E-state index in [1.165, 1.54) is 0 Å². The van der Waals surface area contributed by atoms with Crippen LogP contribution < -0.4 is 10.6 Å². The number of rotatable bonds is 0. The van der Waals surface area contributed by atoms with E-state index in [2.05, 4.69) is 37.9 Å². The lowest BCUT2D eigenvalue weighted by Crippen LogP contribution is -2.87. The summed E-state index contributed by atoms with van der Waals surface area (Å²) in [7, 11) is 0. The molecule has 1 aromatic carbocycles. The number of nitrogens with zero attached hydrogens (tertiary/aromatic N) is 2. The highest BCUT2D eigenvalue weighted by atomic mass is 127. The quantitative estimate of drug-likeness (QED) is 0.525. The van der Waals surface area contributed by atoms with Crippen LogP contribution >= 0.6 is 22.6 Å². The Balaban J connectivity index is 2.19. The summed E-state index contributed by atoms with van der Waals surface area (Å²) in [5.41, 5.74) is 2.92. The van der Waals surface area contributed by atoms with E-state index >= 15 is 0 Å². The number of nitrogens with one attached hydrogen (secondary N) is 1. The standard InChI is InChI=1S/C11H7IN4O2/c1-4-2-6-7(3-5(4)12)13-8-9(14-6)15-11(18)16-10(8)17/h2-3H,1H3,(H2,14,15,16,17,18)/p+1. The number of benzene rings is 1. The minimum atomic E-state index is -0.643. The number of aryl methyl sites for hydroxylation is 1. The number of fused-ring (bicyclic) bond motifs is 2. The maximum absolute atomic E-state index is 11.6. The number of amidine groups is 1. The molecule has 7 heteroatoms. The summed E-state index contributed by atoms with van der Waals surface area (Å²) in [5.74, 6) is -0.167. The molecule has 0 fully saturated rings. The second-order valence-corrected chi connectivity index (χ2v) is 5.18. The largest absolute Gasteiger partial charge is 0.353 e. The smallest absolute Gasteiger partial charge is 0.270 e. The maximum Gasteiger partial charge on any atom is 0.353 e. The molecule has 0 aliphatic carbocycles. The molecule has 1 aromatic rings. The Hall–Kier alpha value is -1.61. The summed E-state index contributed by atoms with van der Waals surface area (Å²) >= 11 is 2.22. The van der Waals surface area contributed by atoms with Crippen LogP contribution in [0, 0.1) is 10.5 Å². The molecule has 0 saturated heterocycles. The number of carbonyl (C=O) groups is 2. The first-order valence-corrected chi connectivity index (χ1v) is 6.30. The third-order valence-electron chi connectivity index (χ3n) is 2.73. The van der Waals surface area contributed by atoms with E-state index in [1.54, 1.807) is 5.32 Å². The molecule has 3 amide bonds. The first-order valence-electron chi connectivity index (χ1n) is 5.22. The second kappa shape index (κ2) is 3.95. The molecule has 0 spiro atoms. The third-order valence-corrected chi connectivity index (χ3v) is 3.89. The molecule has 2 aliphatic rings. The molecule has 0 saturated carbocycles. The van der Waals surface area contributed by atoms with Crippen molar-refractivity contribution in [1.82, 2.24) is 5.32 Å². The number of amides is 3. The SMILES string of the molecule is Cc1cc2c(cc1I)N=C1C(=O)NC(=O)N=C1[NH2+]2. The molecule has 0 unspecified atom stereocenters. The van der Waals surface area contributed by atoms with Crippen molar-refractivity contribution in [2.45, 2.75) is 6.92 Å². The van der Waals surface area contributed by atoms with Gasteiger partial charge in [0.25, 0.3) is 11.7 Å². The van der Waals surface area contributed by atoms with E-state index in [9.17, 15) is 9.59 Å². The number of carbonyl (C=O) groups excluding carboxylic acids is 2. The molecular weight excluding hydrogens is 347 g/mol. The lowest BCUT2D eigenvalue weighted by atomic mass is 10.1. The molecule has 3 N–H and O–H groups in total. The van der Waals surface area contributed by atoms with Gasteiger partial charge in [0.05, 0.1) is 0 Å². The van der Waals surface area contributed by atoms with Crippen LogP contribution in [0.5, 0.6) is 0 Å². The fraction of sp³-hybridized carbons (Fsp3) is 0.0909. The zero-order valence-electron chi connectivity index (χ0n) is 9.32. The summed E-state index contributed by atoms with van der Waals surface area (Å²) in [6.45, 7) is 2.00. The molecule has 0 aromatic heterocycles. The summed E-state index contributed by atoms with van der Waals surface area (Å²) in [4.78, 5) is 30.8. The van der Waals surface area contributed by atoms with Gasteiger partial charge in [0.15, 0.2) is 5.69 Å². The van der Waals surface area contributed by atoms with Crippen molar-refractivity contribution in [1.29, 1.82) is 0 Å². The van der Waals surface area contributed by atoms with Gasteiger partial charge >= 0.3 is 6.03 Å². The summed E-state index contributed by atoms with van der Waals surface area (Å²) in [6, 6.07) is 3.24. The molecule has 2 aliphatic heterocycles. The van der Waals surface area contributed by atoms with Gasteiger partial charge in [-0.15, -0.1) is 4.99 Å². The Morgan fingerprint density at radius 3 is 2.83 bits per heavy atom. The van der Waals surface area contributed by atoms with Crippen molar-refractivity contribution in [2.75, 3.05) is 0 Å². The minimum Gasteiger partial charge on any atom is -0.270 e. The topological polar surface area (TPSA) is 87.5 Å². The Morgan fingerprint density at radius 1 is 1.28 bits per heavy atom. The van der Waals surface area contributed by atoms with Crippen LogP contribution in [0.15, 0.2) is 22.1 Å². The van der Waals surface area contributed by atoms with E-state index in [1.807, 2.05) is 19.1 Å². The third kappa shape index (κ3) is 1.75. The second-order valence-electron chi connectivity index (χ2n) is 4.02. The fourth-order valence-electron chi connectivity index (χ4n) is 1.85. The number of urea groups is 1. The average Bonchev–Trinajstić information content (AvgIpc) is 2.29. The highest BCUT2D eigenvalue weighted by Crippen LogP contribution is 2.28. The van der Waals surface area contributed by atoms with E-state index in [4.69, 9.17) is 0 Å². The molecule has 2 heterocycles. The van der Waals surface area contributed by atoms with E-state index < -0.39 is 11.9 Å². The monoisotopic (exact) mass is 355 g/mol. The molecule has 0 radical (unpaired) electrons. The van der Waals surface area contributed by atoms with Gasteiger partial charge in [0, 0.05) is 9.64 Å². The predicted molar refractivity (Wildman–Crippen MR) is 73.6 cm³/mol. The summed E-state index contributed by atoms with van der Waals surface area (Å²) in [6.07, 6.45) is 0. The number of aliphatic imine (C=N–C) groups is 2. The van der Waals surface area contributed by atoms with Gasteiger partial charge in [0.2, 0.25) is 5.71 Å². The number of hydrogen-bond acceptors (Lipinski definition) is 3. The van der Waals surface area contributed by atoms with Crippen molar-refractivity contribution in [2.24, 2.45) is 9.98 Å². The maximum atomic E-state index is 11.6. The highest BCUT2D eigenvalue weighted by molar-refractivity contribution is 14.1. The highest BCUT2D eigenvalue weighted by Gasteiger charge is 2.34. The van der Waals surface area contributed by atoms with Crippen LogP contribution in [-0.2, 0) is 4.79 Å². The predicted octanol–water partition coefficient (Wildman–Crippen LogP) is 0.529. The Bertz CT molecular complexity index is 663. The van der Waals surface area contributed by atoms with Crippen molar-refractivity contribution in [3.8, 4) is 0 Å². The van der Waals surface area contributed by atoms with Crippen molar-refractivity contribution in [3.05, 3.63) is 21.3 Å². The van der Waals surface area contributed by atoms with Crippen molar-refractivity contribution >= 4 is 57.5 Å². The lowest BCUT2D eigenvalue weighted by Gasteiger charge is -2.17. The van der Waals surface area contributed by atoms with Gasteiger partial charge in [-0.25, -0.2) is 9.79 Å². The normalized spacial score (nSPS) is 17.4. The molecule has 3 rings (SSSR count). The molecule has 6 nitrogen and oxygen atoms in total. The number of quaternary nitrogens is 1. The summed E-state index contributed by atoms with van der Waals surface area (Å²) < 4.78 is 1.08. The Labute approximate surface area is 116 Å². The van der Waals surface area contributed by atoms with Gasteiger partial charge in [-0.05, 0) is 41.1 Å². The zero-order valence-corrected chi connectivity index (χ0v) is 11.5. The molecule has 0 atom stereocenters. The van der Waals surface area contributed by atoms with Gasteiger partial charge in [-0.1, -0.05) is 0 Å². The number of nitrogens with two attached hydrogens (primary N) is 1. The Kier molecular flexibility index (Phi) is 2.52.